The Morgan fingerprint density at radius 2 is 1.72 bits per heavy atom. The molecule has 4 rings (SSSR count). The minimum atomic E-state index is -0.338. The average molecular weight is 397 g/mol. The number of aromatic nitrogens is 1. The van der Waals surface area contributed by atoms with Crippen molar-refractivity contribution >= 4 is 17.6 Å². The lowest BCUT2D eigenvalue weighted by atomic mass is 10.2. The van der Waals surface area contributed by atoms with Crippen LogP contribution in [0.15, 0.2) is 48.7 Å². The summed E-state index contributed by atoms with van der Waals surface area (Å²) < 4.78 is 13.1. The highest BCUT2D eigenvalue weighted by Crippen LogP contribution is 2.20. The molecule has 2 aromatic rings. The molecule has 2 saturated heterocycles. The second-order valence-electron chi connectivity index (χ2n) is 7.31. The summed E-state index contributed by atoms with van der Waals surface area (Å²) in [5.41, 5.74) is 1.67. The van der Waals surface area contributed by atoms with E-state index >= 15 is 0 Å². The monoisotopic (exact) mass is 397 g/mol. The summed E-state index contributed by atoms with van der Waals surface area (Å²) in [7, 11) is 0. The van der Waals surface area contributed by atoms with E-state index in [0.717, 1.165) is 25.3 Å². The first-order chi connectivity index (χ1) is 14.1. The molecule has 2 aliphatic rings. The summed E-state index contributed by atoms with van der Waals surface area (Å²) in [6, 6.07) is 11.5. The fourth-order valence-electron chi connectivity index (χ4n) is 3.73. The maximum atomic E-state index is 13.1. The first kappa shape index (κ1) is 19.3. The van der Waals surface area contributed by atoms with E-state index < -0.39 is 0 Å². The van der Waals surface area contributed by atoms with Gasteiger partial charge in [-0.05, 0) is 36.4 Å². The number of anilines is 1. The molecule has 0 saturated carbocycles. The summed E-state index contributed by atoms with van der Waals surface area (Å²) in [6.45, 7) is 4.72. The van der Waals surface area contributed by atoms with Gasteiger partial charge < -0.3 is 9.80 Å². The maximum Gasteiger partial charge on any atom is 0.325 e. The van der Waals surface area contributed by atoms with E-state index in [9.17, 15) is 14.0 Å². The Balaban J connectivity index is 1.27. The van der Waals surface area contributed by atoms with Gasteiger partial charge in [0.25, 0.3) is 0 Å². The number of benzene rings is 1. The molecule has 0 spiro atoms. The molecule has 0 aliphatic carbocycles. The summed E-state index contributed by atoms with van der Waals surface area (Å²) in [6.07, 6.45) is 1.79. The van der Waals surface area contributed by atoms with Crippen molar-refractivity contribution in [2.45, 2.75) is 6.54 Å². The summed E-state index contributed by atoms with van der Waals surface area (Å²) in [5, 5.41) is 0. The number of urea groups is 1. The van der Waals surface area contributed by atoms with E-state index in [1.165, 1.54) is 12.1 Å². The topological polar surface area (TPSA) is 60.0 Å². The van der Waals surface area contributed by atoms with Gasteiger partial charge in [0.2, 0.25) is 5.91 Å². The zero-order valence-corrected chi connectivity index (χ0v) is 16.2. The van der Waals surface area contributed by atoms with Crippen molar-refractivity contribution in [3.05, 3.63) is 60.2 Å². The van der Waals surface area contributed by atoms with Gasteiger partial charge in [-0.1, -0.05) is 6.07 Å². The van der Waals surface area contributed by atoms with Crippen molar-refractivity contribution in [1.82, 2.24) is 19.7 Å². The molecule has 0 bridgehead atoms. The molecular weight excluding hydrogens is 373 g/mol. The number of hydrogen-bond donors (Lipinski definition) is 0. The van der Waals surface area contributed by atoms with Crippen LogP contribution in [-0.2, 0) is 11.3 Å². The molecule has 1 aromatic heterocycles. The normalized spacial score (nSPS) is 17.8. The second-order valence-corrected chi connectivity index (χ2v) is 7.31. The van der Waals surface area contributed by atoms with Gasteiger partial charge in [-0.2, -0.15) is 0 Å². The molecule has 3 heterocycles. The molecule has 2 aliphatic heterocycles. The highest BCUT2D eigenvalue weighted by atomic mass is 19.1. The van der Waals surface area contributed by atoms with E-state index in [0.29, 0.717) is 31.9 Å². The molecule has 29 heavy (non-hydrogen) atoms. The number of piperazine rings is 1. The van der Waals surface area contributed by atoms with Crippen LogP contribution >= 0.6 is 0 Å². The standard InChI is InChI=1S/C21H24FN5O2/c22-17-4-6-19(7-5-17)27-14-13-26(21(27)29)16-20(28)25-11-9-24(10-12-25)15-18-3-1-2-8-23-18/h1-8H,9-16H2. The van der Waals surface area contributed by atoms with Crippen LogP contribution in [0.25, 0.3) is 0 Å². The molecule has 2 fully saturated rings. The van der Waals surface area contributed by atoms with Gasteiger partial charge in [0.1, 0.15) is 12.4 Å². The smallest absolute Gasteiger partial charge is 0.325 e. The Labute approximate surface area is 169 Å². The molecule has 0 N–H and O–H groups in total. The second kappa shape index (κ2) is 8.57. The summed E-state index contributed by atoms with van der Waals surface area (Å²) in [4.78, 5) is 36.9. The Hall–Kier alpha value is -3.00. The van der Waals surface area contributed by atoms with Crippen molar-refractivity contribution in [1.29, 1.82) is 0 Å². The van der Waals surface area contributed by atoms with Gasteiger partial charge in [0.15, 0.2) is 0 Å². The molecule has 1 aromatic carbocycles. The summed E-state index contributed by atoms with van der Waals surface area (Å²) in [5.74, 6) is -0.369. The number of pyridine rings is 1. The molecule has 7 nitrogen and oxygen atoms in total. The number of halogens is 1. The third-order valence-corrected chi connectivity index (χ3v) is 5.40. The SMILES string of the molecule is O=C(CN1CCN(c2ccc(F)cc2)C1=O)N1CCN(Cc2ccccn2)CC1. The molecule has 0 unspecified atom stereocenters. The van der Waals surface area contributed by atoms with Gasteiger partial charge in [0, 0.05) is 57.7 Å². The van der Waals surface area contributed by atoms with Crippen LogP contribution in [0.2, 0.25) is 0 Å². The number of nitrogens with zero attached hydrogens (tertiary/aromatic N) is 5. The molecule has 3 amide bonds. The highest BCUT2D eigenvalue weighted by molar-refractivity contribution is 5.96. The predicted octanol–water partition coefficient (Wildman–Crippen LogP) is 1.81. The highest BCUT2D eigenvalue weighted by Gasteiger charge is 2.32. The largest absolute Gasteiger partial charge is 0.339 e. The zero-order valence-electron chi connectivity index (χ0n) is 16.2. The van der Waals surface area contributed by atoms with Crippen LogP contribution in [0.4, 0.5) is 14.9 Å². The average Bonchev–Trinajstić information content (AvgIpc) is 3.10. The van der Waals surface area contributed by atoms with Gasteiger partial charge in [0.05, 0.1) is 5.69 Å². The van der Waals surface area contributed by atoms with E-state index in [1.54, 1.807) is 28.1 Å². The molecule has 8 heteroatoms. The molecular formula is C21H24FN5O2. The number of rotatable bonds is 5. The van der Waals surface area contributed by atoms with Gasteiger partial charge in [-0.3, -0.25) is 19.6 Å². The van der Waals surface area contributed by atoms with Crippen LogP contribution in [0, 0.1) is 5.82 Å². The van der Waals surface area contributed by atoms with Crippen molar-refractivity contribution < 1.29 is 14.0 Å². The number of carbonyl (C=O) groups excluding carboxylic acids is 2. The quantitative estimate of drug-likeness (QED) is 0.772. The number of carbonyl (C=O) groups is 2. The van der Waals surface area contributed by atoms with Crippen molar-refractivity contribution in [2.75, 3.05) is 50.7 Å². The van der Waals surface area contributed by atoms with Crippen LogP contribution in [0.3, 0.4) is 0 Å². The van der Waals surface area contributed by atoms with Gasteiger partial charge in [-0.15, -0.1) is 0 Å². The first-order valence-corrected chi connectivity index (χ1v) is 9.82. The fourth-order valence-corrected chi connectivity index (χ4v) is 3.73. The van der Waals surface area contributed by atoms with Crippen LogP contribution in [-0.4, -0.2) is 77.4 Å². The van der Waals surface area contributed by atoms with E-state index in [2.05, 4.69) is 9.88 Å². The van der Waals surface area contributed by atoms with Gasteiger partial charge >= 0.3 is 6.03 Å². The summed E-state index contributed by atoms with van der Waals surface area (Å²) >= 11 is 0. The number of amides is 3. The van der Waals surface area contributed by atoms with Crippen molar-refractivity contribution in [3.8, 4) is 0 Å². The lowest BCUT2D eigenvalue weighted by molar-refractivity contribution is -0.133. The minimum Gasteiger partial charge on any atom is -0.339 e. The number of hydrogen-bond acceptors (Lipinski definition) is 4. The lowest BCUT2D eigenvalue weighted by Gasteiger charge is -2.35. The first-order valence-electron chi connectivity index (χ1n) is 9.82. The van der Waals surface area contributed by atoms with Crippen molar-refractivity contribution in [2.24, 2.45) is 0 Å². The lowest BCUT2D eigenvalue weighted by Crippen LogP contribution is -2.51. The Bertz CT molecular complexity index is 853. The Kier molecular flexibility index (Phi) is 5.71. The van der Waals surface area contributed by atoms with Crippen LogP contribution < -0.4 is 4.90 Å². The van der Waals surface area contributed by atoms with E-state index in [-0.39, 0.29) is 24.3 Å². The minimum absolute atomic E-state index is 0.0307. The third-order valence-electron chi connectivity index (χ3n) is 5.40. The van der Waals surface area contributed by atoms with Crippen LogP contribution in [0.5, 0.6) is 0 Å². The molecule has 0 atom stereocenters. The molecule has 0 radical (unpaired) electrons. The molecule has 152 valence electrons. The van der Waals surface area contributed by atoms with Crippen LogP contribution in [0.1, 0.15) is 5.69 Å². The van der Waals surface area contributed by atoms with Crippen molar-refractivity contribution in [3.63, 3.8) is 0 Å². The fraction of sp³-hybridized carbons (Fsp3) is 0.381. The third kappa shape index (κ3) is 4.54. The maximum absolute atomic E-state index is 13.1. The van der Waals surface area contributed by atoms with E-state index in [4.69, 9.17) is 0 Å². The predicted molar refractivity (Wildman–Crippen MR) is 107 cm³/mol. The Morgan fingerprint density at radius 1 is 0.966 bits per heavy atom. The van der Waals surface area contributed by atoms with Gasteiger partial charge in [-0.25, -0.2) is 9.18 Å². The zero-order chi connectivity index (χ0) is 20.2. The van der Waals surface area contributed by atoms with E-state index in [1.807, 2.05) is 23.1 Å². The Morgan fingerprint density at radius 3 is 2.41 bits per heavy atom.